The molecule has 0 saturated heterocycles. The lowest BCUT2D eigenvalue weighted by Crippen LogP contribution is -2.46. The van der Waals surface area contributed by atoms with E-state index in [1.165, 1.54) is 42.5 Å². The molecule has 202 valence electrons. The zero-order chi connectivity index (χ0) is 28.1. The lowest BCUT2D eigenvalue weighted by molar-refractivity contribution is -0.124. The van der Waals surface area contributed by atoms with Gasteiger partial charge < -0.3 is 26.0 Å². The molecule has 0 radical (unpaired) electrons. The Hall–Kier alpha value is -4.08. The maximum atomic E-state index is 12.2. The first kappa shape index (κ1) is 30.1. The van der Waals surface area contributed by atoms with Gasteiger partial charge >= 0.3 is 0 Å². The topological polar surface area (TPSA) is 153 Å². The van der Waals surface area contributed by atoms with Gasteiger partial charge in [0.25, 0.3) is 0 Å². The zero-order valence-electron chi connectivity index (χ0n) is 21.5. The van der Waals surface area contributed by atoms with Gasteiger partial charge in [-0.1, -0.05) is 68.5 Å². The van der Waals surface area contributed by atoms with Crippen molar-refractivity contribution in [3.63, 3.8) is 0 Å². The molecule has 2 atom stereocenters. The van der Waals surface area contributed by atoms with Crippen LogP contribution >= 0.6 is 0 Å². The molecule has 0 fully saturated rings. The molecule has 9 heteroatoms. The van der Waals surface area contributed by atoms with Crippen LogP contribution < -0.4 is 10.6 Å². The number of carbonyl (C=O) groups excluding carboxylic acids is 4. The fraction of sp³-hybridized carbons (Fsp3) is 0.310. The highest BCUT2D eigenvalue weighted by atomic mass is 16.3. The standard InChI is InChI=1S/C29H34N2O7/c1-20(2)12-8-4-3-5-9-13-26(36)30-21-19-29(38,25(35)18-24(21)34)17-11-7-6-10-14-27(37)31-28-22(32)15-16-23(28)33/h3-11,13-14,17,19-20,25,32,35,38H,12,15-16,18H2,1-2H3,(H,30,36)(H,31,37). The van der Waals surface area contributed by atoms with Crippen molar-refractivity contribution in [2.24, 2.45) is 5.92 Å². The van der Waals surface area contributed by atoms with Crippen LogP contribution in [0.1, 0.15) is 39.5 Å². The van der Waals surface area contributed by atoms with Crippen LogP contribution in [0, 0.1) is 5.92 Å². The Labute approximate surface area is 222 Å². The lowest BCUT2D eigenvalue weighted by Gasteiger charge is -2.31. The van der Waals surface area contributed by atoms with E-state index in [1.54, 1.807) is 12.2 Å². The van der Waals surface area contributed by atoms with Gasteiger partial charge in [0.1, 0.15) is 17.1 Å². The molecule has 0 saturated carbocycles. The first-order valence-electron chi connectivity index (χ1n) is 12.3. The van der Waals surface area contributed by atoms with Gasteiger partial charge in [-0.05, 0) is 24.5 Å². The van der Waals surface area contributed by atoms with Crippen molar-refractivity contribution in [1.29, 1.82) is 0 Å². The maximum absolute atomic E-state index is 12.2. The largest absolute Gasteiger partial charge is 0.510 e. The van der Waals surface area contributed by atoms with E-state index in [-0.39, 0.29) is 42.2 Å². The molecule has 38 heavy (non-hydrogen) atoms. The highest BCUT2D eigenvalue weighted by Gasteiger charge is 2.38. The van der Waals surface area contributed by atoms with Crippen LogP contribution in [0.15, 0.2) is 96.1 Å². The summed E-state index contributed by atoms with van der Waals surface area (Å²) in [7, 11) is 0. The van der Waals surface area contributed by atoms with Crippen molar-refractivity contribution >= 4 is 23.4 Å². The molecule has 2 aliphatic rings. The summed E-state index contributed by atoms with van der Waals surface area (Å²) in [5.74, 6) is -1.58. The molecule has 2 amide bonds. The Balaban J connectivity index is 1.94. The third kappa shape index (κ3) is 9.76. The minimum atomic E-state index is -1.90. The van der Waals surface area contributed by atoms with Gasteiger partial charge in [0.05, 0.1) is 11.8 Å². The number of Topliss-reactive ketones (excluding diaryl/α,β-unsaturated/α-hetero) is 2. The summed E-state index contributed by atoms with van der Waals surface area (Å²) < 4.78 is 0. The Kier molecular flexibility index (Phi) is 11.6. The number of hydrogen-bond acceptors (Lipinski definition) is 7. The van der Waals surface area contributed by atoms with E-state index < -0.39 is 29.3 Å². The van der Waals surface area contributed by atoms with Gasteiger partial charge in [0.2, 0.25) is 11.8 Å². The molecule has 0 spiro atoms. The molecule has 0 bridgehead atoms. The van der Waals surface area contributed by atoms with E-state index in [0.717, 1.165) is 18.6 Å². The fourth-order valence-corrected chi connectivity index (χ4v) is 3.43. The highest BCUT2D eigenvalue weighted by Crippen LogP contribution is 2.25. The van der Waals surface area contributed by atoms with E-state index in [2.05, 4.69) is 24.5 Å². The third-order valence-electron chi connectivity index (χ3n) is 5.52. The molecule has 0 aromatic heterocycles. The van der Waals surface area contributed by atoms with Gasteiger partial charge in [-0.3, -0.25) is 19.2 Å². The van der Waals surface area contributed by atoms with Crippen LogP contribution in [-0.2, 0) is 19.2 Å². The predicted molar refractivity (Wildman–Crippen MR) is 143 cm³/mol. The molecule has 0 heterocycles. The number of nitrogens with one attached hydrogen (secondary N) is 2. The first-order chi connectivity index (χ1) is 18.0. The monoisotopic (exact) mass is 522 g/mol. The number of hydrogen-bond donors (Lipinski definition) is 5. The van der Waals surface area contributed by atoms with Crippen LogP contribution in [-0.4, -0.2) is 50.4 Å². The second kappa shape index (κ2) is 14.6. The first-order valence-corrected chi connectivity index (χ1v) is 12.3. The van der Waals surface area contributed by atoms with Crippen molar-refractivity contribution in [1.82, 2.24) is 10.6 Å². The van der Waals surface area contributed by atoms with E-state index in [1.807, 2.05) is 12.2 Å². The van der Waals surface area contributed by atoms with Crippen molar-refractivity contribution in [2.45, 2.75) is 51.2 Å². The quantitative estimate of drug-likeness (QED) is 0.207. The summed E-state index contributed by atoms with van der Waals surface area (Å²) in [6.07, 6.45) is 18.8. The van der Waals surface area contributed by atoms with Crippen LogP contribution in [0.5, 0.6) is 0 Å². The summed E-state index contributed by atoms with van der Waals surface area (Å²) in [4.78, 5) is 47.8. The molecule has 2 unspecified atom stereocenters. The molecular weight excluding hydrogens is 488 g/mol. The second-order valence-corrected chi connectivity index (χ2v) is 9.22. The number of aliphatic hydroxyl groups excluding tert-OH is 2. The smallest absolute Gasteiger partial charge is 0.248 e. The number of carbonyl (C=O) groups is 4. The van der Waals surface area contributed by atoms with Gasteiger partial charge in [0.15, 0.2) is 11.6 Å². The van der Waals surface area contributed by atoms with E-state index in [9.17, 15) is 34.5 Å². The average molecular weight is 523 g/mol. The van der Waals surface area contributed by atoms with E-state index in [4.69, 9.17) is 0 Å². The van der Waals surface area contributed by atoms with Crippen molar-refractivity contribution in [3.8, 4) is 0 Å². The van der Waals surface area contributed by atoms with Gasteiger partial charge in [-0.25, -0.2) is 0 Å². The average Bonchev–Trinajstić information content (AvgIpc) is 3.16. The molecule has 0 aliphatic heterocycles. The lowest BCUT2D eigenvalue weighted by atomic mass is 9.85. The van der Waals surface area contributed by atoms with E-state index >= 15 is 0 Å². The maximum Gasteiger partial charge on any atom is 0.248 e. The Morgan fingerprint density at radius 3 is 2.16 bits per heavy atom. The fourth-order valence-electron chi connectivity index (χ4n) is 3.43. The number of amides is 2. The van der Waals surface area contributed by atoms with E-state index in [0.29, 0.717) is 5.92 Å². The Bertz CT molecular complexity index is 1170. The van der Waals surface area contributed by atoms with Crippen LogP contribution in [0.3, 0.4) is 0 Å². The minimum absolute atomic E-state index is 0.0949. The van der Waals surface area contributed by atoms with Gasteiger partial charge in [-0.15, -0.1) is 0 Å². The summed E-state index contributed by atoms with van der Waals surface area (Å²) >= 11 is 0. The third-order valence-corrected chi connectivity index (χ3v) is 5.52. The summed E-state index contributed by atoms with van der Waals surface area (Å²) in [6.45, 7) is 4.23. The normalized spacial score (nSPS) is 23.0. The van der Waals surface area contributed by atoms with Crippen molar-refractivity contribution in [3.05, 3.63) is 96.1 Å². The molecular formula is C29H34N2O7. The molecule has 2 aliphatic carbocycles. The molecule has 5 N–H and O–H groups in total. The molecule has 0 aromatic rings. The Morgan fingerprint density at radius 2 is 1.55 bits per heavy atom. The highest BCUT2D eigenvalue weighted by molar-refractivity contribution is 6.03. The minimum Gasteiger partial charge on any atom is -0.510 e. The number of rotatable bonds is 11. The summed E-state index contributed by atoms with van der Waals surface area (Å²) in [6, 6.07) is 0. The van der Waals surface area contributed by atoms with Gasteiger partial charge in [0, 0.05) is 31.4 Å². The van der Waals surface area contributed by atoms with Crippen LogP contribution in [0.25, 0.3) is 0 Å². The zero-order valence-corrected chi connectivity index (χ0v) is 21.5. The number of ketones is 2. The molecule has 2 rings (SSSR count). The Morgan fingerprint density at radius 1 is 0.947 bits per heavy atom. The van der Waals surface area contributed by atoms with Crippen LogP contribution in [0.4, 0.5) is 0 Å². The number of aliphatic hydroxyl groups is 3. The number of allylic oxidation sites excluding steroid dienone is 12. The summed E-state index contributed by atoms with van der Waals surface area (Å²) in [5.41, 5.74) is -2.13. The predicted octanol–water partition coefficient (Wildman–Crippen LogP) is 2.68. The SMILES string of the molecule is CC(C)CC=CC=CC=CC(=O)NC1=CC(O)(C=CC=CC=CC(=O)NC2=C(O)CCC2=O)C(O)CC1=O. The molecule has 0 aromatic carbocycles. The van der Waals surface area contributed by atoms with Gasteiger partial charge in [-0.2, -0.15) is 0 Å². The second-order valence-electron chi connectivity index (χ2n) is 9.22. The van der Waals surface area contributed by atoms with Crippen molar-refractivity contribution < 1.29 is 34.5 Å². The van der Waals surface area contributed by atoms with Crippen LogP contribution in [0.2, 0.25) is 0 Å². The summed E-state index contributed by atoms with van der Waals surface area (Å²) in [5, 5.41) is 35.4. The molecule has 9 nitrogen and oxygen atoms in total. The van der Waals surface area contributed by atoms with Crippen molar-refractivity contribution in [2.75, 3.05) is 0 Å².